The third-order valence-corrected chi connectivity index (χ3v) is 3.67. The van der Waals surface area contributed by atoms with Gasteiger partial charge < -0.3 is 10.3 Å². The Morgan fingerprint density at radius 3 is 2.96 bits per heavy atom. The average Bonchev–Trinajstić information content (AvgIpc) is 3.28. The molecule has 3 rings (SSSR count). The van der Waals surface area contributed by atoms with E-state index in [-0.39, 0.29) is 17.3 Å². The molecule has 0 aliphatic heterocycles. The second-order valence-electron chi connectivity index (χ2n) is 5.37. The van der Waals surface area contributed by atoms with Crippen molar-refractivity contribution in [3.05, 3.63) is 46.3 Å². The van der Waals surface area contributed by atoms with E-state index in [1.807, 2.05) is 0 Å². The summed E-state index contributed by atoms with van der Waals surface area (Å²) in [6.07, 6.45) is 3.24. The van der Waals surface area contributed by atoms with Gasteiger partial charge in [0, 0.05) is 17.7 Å². The van der Waals surface area contributed by atoms with Crippen molar-refractivity contribution < 1.29 is 9.72 Å². The first-order valence-corrected chi connectivity index (χ1v) is 7.09. The molecule has 8 heteroatoms. The molecule has 1 fully saturated rings. The first-order chi connectivity index (χ1) is 11.1. The Morgan fingerprint density at radius 2 is 2.30 bits per heavy atom. The number of nitrogens with zero attached hydrogens (tertiary/aromatic N) is 3. The molecule has 0 radical (unpaired) electrons. The van der Waals surface area contributed by atoms with Gasteiger partial charge in [0.05, 0.1) is 17.2 Å². The Morgan fingerprint density at radius 1 is 1.52 bits per heavy atom. The van der Waals surface area contributed by atoms with Gasteiger partial charge in [0.1, 0.15) is 17.6 Å². The van der Waals surface area contributed by atoms with E-state index in [1.165, 1.54) is 18.3 Å². The second kappa shape index (κ2) is 5.88. The lowest BCUT2D eigenvalue weighted by atomic mass is 10.2. The van der Waals surface area contributed by atoms with Crippen LogP contribution in [0.2, 0.25) is 0 Å². The average molecular weight is 311 g/mol. The van der Waals surface area contributed by atoms with Crippen molar-refractivity contribution in [3.8, 4) is 17.5 Å². The molecule has 1 amide bonds. The number of hydrogen-bond donors (Lipinski definition) is 2. The smallest absolute Gasteiger partial charge is 0.270 e. The van der Waals surface area contributed by atoms with Crippen LogP contribution in [0.4, 0.5) is 5.69 Å². The maximum absolute atomic E-state index is 12.1. The molecule has 1 aliphatic rings. The van der Waals surface area contributed by atoms with Crippen molar-refractivity contribution in [1.82, 2.24) is 15.3 Å². The van der Waals surface area contributed by atoms with Gasteiger partial charge in [-0.2, -0.15) is 5.26 Å². The fourth-order valence-corrected chi connectivity index (χ4v) is 2.25. The van der Waals surface area contributed by atoms with Gasteiger partial charge in [0.2, 0.25) is 0 Å². The molecular weight excluding hydrogens is 298 g/mol. The fraction of sp³-hybridized carbons (Fsp3) is 0.267. The van der Waals surface area contributed by atoms with Crippen molar-refractivity contribution in [3.63, 3.8) is 0 Å². The van der Waals surface area contributed by atoms with Crippen molar-refractivity contribution in [1.29, 1.82) is 5.26 Å². The predicted molar refractivity (Wildman–Crippen MR) is 80.3 cm³/mol. The summed E-state index contributed by atoms with van der Waals surface area (Å²) in [5, 5.41) is 22.5. The number of aromatic nitrogens is 2. The zero-order chi connectivity index (χ0) is 16.4. The van der Waals surface area contributed by atoms with Crippen molar-refractivity contribution in [2.45, 2.75) is 18.9 Å². The maximum atomic E-state index is 12.1. The largest absolute Gasteiger partial charge is 0.335 e. The van der Waals surface area contributed by atoms with Crippen LogP contribution < -0.4 is 5.32 Å². The quantitative estimate of drug-likeness (QED) is 0.645. The minimum Gasteiger partial charge on any atom is -0.335 e. The lowest BCUT2D eigenvalue weighted by Crippen LogP contribution is -2.35. The number of H-pyrrole nitrogens is 1. The number of hydrogen-bond acceptors (Lipinski definition) is 5. The molecule has 8 nitrogen and oxygen atoms in total. The van der Waals surface area contributed by atoms with Crippen molar-refractivity contribution in [2.24, 2.45) is 5.92 Å². The van der Waals surface area contributed by atoms with Crippen LogP contribution in [0.1, 0.15) is 23.3 Å². The number of carbonyl (C=O) groups excluding carboxylic acids is 1. The standard InChI is InChI=1S/C15H13N5O3/c16-7-12(9-4-5-9)19-15(21)13-8-17-14(18-13)10-2-1-3-11(6-10)20(22)23/h1-3,6,8-9,12H,4-5H2,(H,17,18)(H,19,21)/t12-/m1/s1. The van der Waals surface area contributed by atoms with Crippen LogP contribution in [0.5, 0.6) is 0 Å². The lowest BCUT2D eigenvalue weighted by molar-refractivity contribution is -0.384. The summed E-state index contributed by atoms with van der Waals surface area (Å²) in [6, 6.07) is 7.56. The Labute approximate surface area is 131 Å². The molecule has 2 aromatic rings. The Balaban J connectivity index is 1.77. The molecule has 0 saturated heterocycles. The van der Waals surface area contributed by atoms with Crippen molar-refractivity contribution >= 4 is 11.6 Å². The molecular formula is C15H13N5O3. The van der Waals surface area contributed by atoms with Gasteiger partial charge >= 0.3 is 0 Å². The van der Waals surface area contributed by atoms with E-state index in [4.69, 9.17) is 5.26 Å². The zero-order valence-corrected chi connectivity index (χ0v) is 12.0. The van der Waals surface area contributed by atoms with Gasteiger partial charge in [0.25, 0.3) is 11.6 Å². The van der Waals surface area contributed by atoms with Crippen molar-refractivity contribution in [2.75, 3.05) is 0 Å². The second-order valence-corrected chi connectivity index (χ2v) is 5.37. The van der Waals surface area contributed by atoms with Crippen LogP contribution in [0.3, 0.4) is 0 Å². The lowest BCUT2D eigenvalue weighted by Gasteiger charge is -2.08. The molecule has 0 bridgehead atoms. The summed E-state index contributed by atoms with van der Waals surface area (Å²) >= 11 is 0. The first kappa shape index (κ1) is 14.7. The van der Waals surface area contributed by atoms with E-state index in [0.29, 0.717) is 11.4 Å². The van der Waals surface area contributed by atoms with Crippen LogP contribution in [-0.4, -0.2) is 26.8 Å². The Kier molecular flexibility index (Phi) is 3.76. The fourth-order valence-electron chi connectivity index (χ4n) is 2.25. The minimum atomic E-state index is -0.493. The van der Waals surface area contributed by atoms with Crippen LogP contribution >= 0.6 is 0 Å². The summed E-state index contributed by atoms with van der Waals surface area (Å²) < 4.78 is 0. The molecule has 1 aliphatic carbocycles. The number of amides is 1. The van der Waals surface area contributed by atoms with E-state index >= 15 is 0 Å². The number of benzene rings is 1. The van der Waals surface area contributed by atoms with Crippen LogP contribution in [-0.2, 0) is 0 Å². The summed E-state index contributed by atoms with van der Waals surface area (Å²) in [4.78, 5) is 29.3. The molecule has 1 aromatic heterocycles. The highest BCUT2D eigenvalue weighted by Gasteiger charge is 2.32. The normalized spacial score (nSPS) is 14.7. The molecule has 1 heterocycles. The Hall–Kier alpha value is -3.21. The van der Waals surface area contributed by atoms with Gasteiger partial charge in [-0.1, -0.05) is 12.1 Å². The molecule has 116 valence electrons. The number of nitro groups is 1. The monoisotopic (exact) mass is 311 g/mol. The number of nitrogens with one attached hydrogen (secondary N) is 2. The SMILES string of the molecule is N#C[C@@H](NC(=O)c1cnc(-c2cccc([N+](=O)[O-])c2)[nH]1)C1CC1. The number of rotatable bonds is 5. The number of aromatic amines is 1. The van der Waals surface area contributed by atoms with Gasteiger partial charge in [-0.3, -0.25) is 14.9 Å². The van der Waals surface area contributed by atoms with Gasteiger partial charge in [-0.05, 0) is 18.8 Å². The molecule has 1 aromatic carbocycles. The van der Waals surface area contributed by atoms with E-state index in [2.05, 4.69) is 21.4 Å². The van der Waals surface area contributed by atoms with Crippen LogP contribution in [0.25, 0.3) is 11.4 Å². The number of nitriles is 1. The number of nitro benzene ring substituents is 1. The third kappa shape index (κ3) is 3.18. The minimum absolute atomic E-state index is 0.0526. The maximum Gasteiger partial charge on any atom is 0.270 e. The molecule has 1 atom stereocenters. The highest BCUT2D eigenvalue weighted by Crippen LogP contribution is 2.32. The van der Waals surface area contributed by atoms with E-state index < -0.39 is 16.9 Å². The van der Waals surface area contributed by atoms with E-state index in [1.54, 1.807) is 12.1 Å². The van der Waals surface area contributed by atoms with E-state index in [9.17, 15) is 14.9 Å². The number of non-ortho nitro benzene ring substituents is 1. The summed E-state index contributed by atoms with van der Waals surface area (Å²) in [6.45, 7) is 0. The first-order valence-electron chi connectivity index (χ1n) is 7.09. The topological polar surface area (TPSA) is 125 Å². The van der Waals surface area contributed by atoms with Gasteiger partial charge in [0.15, 0.2) is 0 Å². The molecule has 23 heavy (non-hydrogen) atoms. The van der Waals surface area contributed by atoms with E-state index in [0.717, 1.165) is 12.8 Å². The van der Waals surface area contributed by atoms with Crippen LogP contribution in [0.15, 0.2) is 30.5 Å². The highest BCUT2D eigenvalue weighted by molar-refractivity contribution is 5.93. The van der Waals surface area contributed by atoms with Crippen LogP contribution in [0, 0.1) is 27.4 Å². The predicted octanol–water partition coefficient (Wildman–Crippen LogP) is 2.02. The summed E-state index contributed by atoms with van der Waals surface area (Å²) in [5.41, 5.74) is 0.674. The summed E-state index contributed by atoms with van der Waals surface area (Å²) in [5.74, 6) is 0.175. The van der Waals surface area contributed by atoms with Gasteiger partial charge in [-0.25, -0.2) is 4.98 Å². The Bertz CT molecular complexity index is 803. The molecule has 1 saturated carbocycles. The van der Waals surface area contributed by atoms with Gasteiger partial charge in [-0.15, -0.1) is 0 Å². The number of imidazole rings is 1. The molecule has 0 spiro atoms. The number of carbonyl (C=O) groups is 1. The molecule has 0 unspecified atom stereocenters. The molecule has 2 N–H and O–H groups in total. The third-order valence-electron chi connectivity index (χ3n) is 3.67. The zero-order valence-electron chi connectivity index (χ0n) is 12.0. The summed E-state index contributed by atoms with van der Waals surface area (Å²) in [7, 11) is 0. The highest BCUT2D eigenvalue weighted by atomic mass is 16.6.